The van der Waals surface area contributed by atoms with Crippen LogP contribution in [-0.4, -0.2) is 17.1 Å². The zero-order chi connectivity index (χ0) is 20.4. The Hall–Kier alpha value is -2.34. The van der Waals surface area contributed by atoms with Gasteiger partial charge in [-0.3, -0.25) is 0 Å². The lowest BCUT2D eigenvalue weighted by atomic mass is 10.0. The van der Waals surface area contributed by atoms with E-state index in [0.717, 1.165) is 41.4 Å². The van der Waals surface area contributed by atoms with E-state index in [1.54, 1.807) is 0 Å². The number of fused-ring (bicyclic) bond motifs is 3. The molecule has 0 saturated heterocycles. The van der Waals surface area contributed by atoms with E-state index in [4.69, 9.17) is 4.74 Å². The number of halogens is 1. The van der Waals surface area contributed by atoms with Gasteiger partial charge >= 0.3 is 5.97 Å². The smallest absolute Gasteiger partial charge is 0.338 e. The van der Waals surface area contributed by atoms with Crippen LogP contribution in [0.1, 0.15) is 42.6 Å². The Morgan fingerprint density at radius 2 is 1.59 bits per heavy atom. The van der Waals surface area contributed by atoms with E-state index < -0.39 is 0 Å². The zero-order valence-electron chi connectivity index (χ0n) is 16.7. The van der Waals surface area contributed by atoms with E-state index in [1.165, 1.54) is 14.5 Å². The predicted octanol–water partition coefficient (Wildman–Crippen LogP) is 6.91. The molecule has 0 aliphatic rings. The molecule has 0 atom stereocenters. The van der Waals surface area contributed by atoms with Crippen molar-refractivity contribution in [1.82, 2.24) is 4.57 Å². The largest absolute Gasteiger partial charge is 0.462 e. The molecule has 148 valence electrons. The SMILES string of the molecule is CCCOC(=O)c1ccc2c(c1)c1cc(CCC)ccc1n2-c1ccc(I)cc1. The van der Waals surface area contributed by atoms with E-state index in [1.807, 2.05) is 25.1 Å². The normalized spacial score (nSPS) is 11.3. The Labute approximate surface area is 184 Å². The molecule has 3 aromatic carbocycles. The number of hydrogen-bond donors (Lipinski definition) is 0. The molecular weight excluding hydrogens is 473 g/mol. The van der Waals surface area contributed by atoms with Crippen LogP contribution in [0.25, 0.3) is 27.5 Å². The van der Waals surface area contributed by atoms with Crippen molar-refractivity contribution in [3.8, 4) is 5.69 Å². The Bertz CT molecular complexity index is 1180. The zero-order valence-corrected chi connectivity index (χ0v) is 18.9. The number of nitrogens with zero attached hydrogens (tertiary/aromatic N) is 1. The summed E-state index contributed by atoms with van der Waals surface area (Å²) in [7, 11) is 0. The Morgan fingerprint density at radius 1 is 0.897 bits per heavy atom. The number of carbonyl (C=O) groups excluding carboxylic acids is 1. The molecule has 1 aromatic heterocycles. The van der Waals surface area contributed by atoms with E-state index in [-0.39, 0.29) is 5.97 Å². The van der Waals surface area contributed by atoms with Crippen LogP contribution >= 0.6 is 22.6 Å². The van der Waals surface area contributed by atoms with Gasteiger partial charge in [0, 0.05) is 20.0 Å². The molecule has 0 N–H and O–H groups in total. The molecule has 29 heavy (non-hydrogen) atoms. The van der Waals surface area contributed by atoms with Gasteiger partial charge in [0.05, 0.1) is 23.2 Å². The lowest BCUT2D eigenvalue weighted by molar-refractivity contribution is 0.0505. The molecule has 0 saturated carbocycles. The highest BCUT2D eigenvalue weighted by atomic mass is 127. The summed E-state index contributed by atoms with van der Waals surface area (Å²) >= 11 is 2.33. The second-order valence-corrected chi connectivity index (χ2v) is 8.53. The highest BCUT2D eigenvalue weighted by Crippen LogP contribution is 2.34. The maximum Gasteiger partial charge on any atom is 0.338 e. The number of esters is 1. The average Bonchev–Trinajstić information content (AvgIpc) is 3.06. The molecular formula is C25H24INO2. The summed E-state index contributed by atoms with van der Waals surface area (Å²) in [4.78, 5) is 12.4. The molecule has 4 aromatic rings. The molecule has 1 heterocycles. The minimum atomic E-state index is -0.256. The lowest BCUT2D eigenvalue weighted by Crippen LogP contribution is -2.05. The number of aromatic nitrogens is 1. The van der Waals surface area contributed by atoms with Gasteiger partial charge in [0.2, 0.25) is 0 Å². The van der Waals surface area contributed by atoms with Gasteiger partial charge < -0.3 is 9.30 Å². The van der Waals surface area contributed by atoms with Gasteiger partial charge in [-0.05, 0) is 95.6 Å². The fourth-order valence-electron chi connectivity index (χ4n) is 3.79. The van der Waals surface area contributed by atoms with Crippen molar-refractivity contribution < 1.29 is 9.53 Å². The van der Waals surface area contributed by atoms with Crippen molar-refractivity contribution in [3.05, 3.63) is 75.4 Å². The number of rotatable bonds is 6. The van der Waals surface area contributed by atoms with Gasteiger partial charge in [0.15, 0.2) is 0 Å². The van der Waals surface area contributed by atoms with Crippen molar-refractivity contribution in [1.29, 1.82) is 0 Å². The van der Waals surface area contributed by atoms with Crippen LogP contribution in [0.4, 0.5) is 0 Å². The van der Waals surface area contributed by atoms with Crippen LogP contribution in [0, 0.1) is 3.57 Å². The molecule has 0 bridgehead atoms. The van der Waals surface area contributed by atoms with E-state index in [9.17, 15) is 4.79 Å². The summed E-state index contributed by atoms with van der Waals surface area (Å²) in [5, 5.41) is 2.26. The number of aryl methyl sites for hydroxylation is 1. The maximum absolute atomic E-state index is 12.4. The summed E-state index contributed by atoms with van der Waals surface area (Å²) in [5.74, 6) is -0.256. The summed E-state index contributed by atoms with van der Waals surface area (Å²) in [6.07, 6.45) is 2.97. The second-order valence-electron chi connectivity index (χ2n) is 7.28. The molecule has 0 aliphatic heterocycles. The number of hydrogen-bond acceptors (Lipinski definition) is 2. The molecule has 3 nitrogen and oxygen atoms in total. The third-order valence-electron chi connectivity index (χ3n) is 5.13. The summed E-state index contributed by atoms with van der Waals surface area (Å²) in [5.41, 5.74) is 5.30. The van der Waals surface area contributed by atoms with Crippen LogP contribution in [0.15, 0.2) is 60.7 Å². The Kier molecular flexibility index (Phi) is 5.90. The predicted molar refractivity (Wildman–Crippen MR) is 128 cm³/mol. The molecule has 0 amide bonds. The monoisotopic (exact) mass is 497 g/mol. The molecule has 0 aliphatic carbocycles. The first kappa shape index (κ1) is 20.0. The fraction of sp³-hybridized carbons (Fsp3) is 0.240. The van der Waals surface area contributed by atoms with Crippen LogP contribution in [0.5, 0.6) is 0 Å². The minimum absolute atomic E-state index is 0.256. The van der Waals surface area contributed by atoms with Crippen LogP contribution in [0.2, 0.25) is 0 Å². The molecule has 0 spiro atoms. The van der Waals surface area contributed by atoms with Gasteiger partial charge in [0.25, 0.3) is 0 Å². The van der Waals surface area contributed by atoms with E-state index >= 15 is 0 Å². The lowest BCUT2D eigenvalue weighted by Gasteiger charge is -2.09. The maximum atomic E-state index is 12.4. The first-order chi connectivity index (χ1) is 14.1. The average molecular weight is 497 g/mol. The molecule has 4 heteroatoms. The van der Waals surface area contributed by atoms with Crippen molar-refractivity contribution in [2.75, 3.05) is 6.61 Å². The van der Waals surface area contributed by atoms with Gasteiger partial charge in [-0.2, -0.15) is 0 Å². The topological polar surface area (TPSA) is 31.2 Å². The van der Waals surface area contributed by atoms with Gasteiger partial charge in [-0.25, -0.2) is 4.79 Å². The molecule has 0 unspecified atom stereocenters. The third-order valence-corrected chi connectivity index (χ3v) is 5.85. The summed E-state index contributed by atoms with van der Waals surface area (Å²) < 4.78 is 8.84. The summed E-state index contributed by atoms with van der Waals surface area (Å²) in [6.45, 7) is 4.64. The quantitative estimate of drug-likeness (QED) is 0.214. The van der Waals surface area contributed by atoms with Crippen LogP contribution in [-0.2, 0) is 11.2 Å². The van der Waals surface area contributed by atoms with Gasteiger partial charge in [-0.1, -0.05) is 26.3 Å². The van der Waals surface area contributed by atoms with Gasteiger partial charge in [0.1, 0.15) is 0 Å². The first-order valence-electron chi connectivity index (χ1n) is 10.1. The van der Waals surface area contributed by atoms with Crippen molar-refractivity contribution in [3.63, 3.8) is 0 Å². The van der Waals surface area contributed by atoms with Crippen LogP contribution in [0.3, 0.4) is 0 Å². The van der Waals surface area contributed by atoms with Crippen molar-refractivity contribution in [2.45, 2.75) is 33.1 Å². The number of benzene rings is 3. The molecule has 4 rings (SSSR count). The third kappa shape index (κ3) is 3.90. The minimum Gasteiger partial charge on any atom is -0.462 e. The van der Waals surface area contributed by atoms with E-state index in [0.29, 0.717) is 12.2 Å². The van der Waals surface area contributed by atoms with Gasteiger partial charge in [-0.15, -0.1) is 0 Å². The first-order valence-corrected chi connectivity index (χ1v) is 11.2. The number of carbonyl (C=O) groups is 1. The molecule has 0 fully saturated rings. The summed E-state index contributed by atoms with van der Waals surface area (Å²) in [6, 6.07) is 21.1. The number of ether oxygens (including phenoxy) is 1. The highest BCUT2D eigenvalue weighted by Gasteiger charge is 2.16. The Balaban J connectivity index is 1.95. The highest BCUT2D eigenvalue weighted by molar-refractivity contribution is 14.1. The van der Waals surface area contributed by atoms with E-state index in [2.05, 4.69) is 76.5 Å². The van der Waals surface area contributed by atoms with Crippen molar-refractivity contribution >= 4 is 50.4 Å². The molecule has 0 radical (unpaired) electrons. The standard InChI is InChI=1S/C25H24INO2/c1-3-5-17-6-12-23-21(15-17)22-16-18(25(28)29-14-4-2)7-13-24(22)27(23)20-10-8-19(26)9-11-20/h6-13,15-16H,3-5,14H2,1-2H3. The Morgan fingerprint density at radius 3 is 2.28 bits per heavy atom. The fourth-order valence-corrected chi connectivity index (χ4v) is 4.15. The second kappa shape index (κ2) is 8.57. The van der Waals surface area contributed by atoms with Crippen LogP contribution < -0.4 is 0 Å². The van der Waals surface area contributed by atoms with Crippen molar-refractivity contribution in [2.24, 2.45) is 0 Å².